The van der Waals surface area contributed by atoms with Gasteiger partial charge in [0.1, 0.15) is 17.1 Å². The smallest absolute Gasteiger partial charge is 0.277 e. The highest BCUT2D eigenvalue weighted by molar-refractivity contribution is 9.10. The lowest BCUT2D eigenvalue weighted by atomic mass is 10.1. The molecule has 0 unspecified atom stereocenters. The van der Waals surface area contributed by atoms with Gasteiger partial charge in [0, 0.05) is 17.2 Å². The van der Waals surface area contributed by atoms with E-state index in [-0.39, 0.29) is 16.3 Å². The molecule has 0 amide bonds. The van der Waals surface area contributed by atoms with E-state index in [4.69, 9.17) is 4.74 Å². The molecule has 2 N–H and O–H groups in total. The highest BCUT2D eigenvalue weighted by Gasteiger charge is 2.21. The van der Waals surface area contributed by atoms with Gasteiger partial charge in [-0.05, 0) is 55.8 Å². The number of hydrogen-bond donors (Lipinski definition) is 2. The Kier molecular flexibility index (Phi) is 6.76. The number of hydrogen-bond acceptors (Lipinski definition) is 6. The molecule has 0 aliphatic heterocycles. The van der Waals surface area contributed by atoms with Gasteiger partial charge in [0.2, 0.25) is 0 Å². The number of halogens is 1. The minimum Gasteiger partial charge on any atom is -0.493 e. The predicted octanol–water partition coefficient (Wildman–Crippen LogP) is 4.24. The molecule has 4 aromatic rings. The summed E-state index contributed by atoms with van der Waals surface area (Å²) < 4.78 is 36.8. The first kappa shape index (κ1) is 24.0. The van der Waals surface area contributed by atoms with Crippen molar-refractivity contribution in [2.45, 2.75) is 31.6 Å². The van der Waals surface area contributed by atoms with Crippen molar-refractivity contribution < 1.29 is 13.2 Å². The van der Waals surface area contributed by atoms with Gasteiger partial charge in [-0.1, -0.05) is 29.3 Å². The van der Waals surface area contributed by atoms with Crippen LogP contribution >= 0.6 is 15.9 Å². The van der Waals surface area contributed by atoms with Crippen LogP contribution in [0.15, 0.2) is 56.6 Å². The van der Waals surface area contributed by atoms with E-state index in [9.17, 15) is 13.2 Å². The number of nitrogens with one attached hydrogen (secondary N) is 2. The second kappa shape index (κ2) is 9.59. The third-order valence-electron chi connectivity index (χ3n) is 5.16. The number of nitrogens with zero attached hydrogens (tertiary/aromatic N) is 3. The Bertz CT molecular complexity index is 1510. The summed E-state index contributed by atoms with van der Waals surface area (Å²) in [5.41, 5.74) is 2.00. The Morgan fingerprint density at radius 1 is 1.15 bits per heavy atom. The van der Waals surface area contributed by atoms with Gasteiger partial charge in [-0.3, -0.25) is 14.2 Å². The summed E-state index contributed by atoms with van der Waals surface area (Å²) in [6.07, 6.45) is 1.51. The number of benzene rings is 2. The van der Waals surface area contributed by atoms with E-state index in [1.807, 2.05) is 13.8 Å². The topological polar surface area (TPSA) is 119 Å². The number of fused-ring (bicyclic) bond motifs is 1. The van der Waals surface area contributed by atoms with Crippen LogP contribution in [0, 0.1) is 0 Å². The fraction of sp³-hybridized carbons (Fsp3) is 0.261. The molecular weight excluding hydrogens is 522 g/mol. The first-order valence-electron chi connectivity index (χ1n) is 10.7. The maximum Gasteiger partial charge on any atom is 0.277 e. The van der Waals surface area contributed by atoms with E-state index >= 15 is 0 Å². The maximum absolute atomic E-state index is 13.1. The summed E-state index contributed by atoms with van der Waals surface area (Å²) in [4.78, 5) is 20.3. The second-order valence-corrected chi connectivity index (χ2v) is 10.2. The van der Waals surface area contributed by atoms with Crippen molar-refractivity contribution >= 4 is 42.7 Å². The number of rotatable bonds is 8. The minimum absolute atomic E-state index is 0.0107. The minimum atomic E-state index is -3.91. The zero-order valence-corrected chi connectivity index (χ0v) is 21.3. The molecule has 34 heavy (non-hydrogen) atoms. The van der Waals surface area contributed by atoms with Crippen molar-refractivity contribution in [3.63, 3.8) is 0 Å². The summed E-state index contributed by atoms with van der Waals surface area (Å²) in [5, 5.41) is 4.44. The summed E-state index contributed by atoms with van der Waals surface area (Å²) in [5.74, 6) is 0.625. The maximum atomic E-state index is 13.1. The van der Waals surface area contributed by atoms with E-state index in [1.165, 1.54) is 16.8 Å². The van der Waals surface area contributed by atoms with Crippen molar-refractivity contribution in [2.24, 2.45) is 7.05 Å². The molecule has 0 spiro atoms. The van der Waals surface area contributed by atoms with Gasteiger partial charge in [0.15, 0.2) is 5.52 Å². The molecule has 0 fully saturated rings. The molecule has 0 aliphatic carbocycles. The second-order valence-electron chi connectivity index (χ2n) is 7.64. The van der Waals surface area contributed by atoms with Crippen molar-refractivity contribution in [2.75, 3.05) is 11.3 Å². The lowest BCUT2D eigenvalue weighted by Gasteiger charge is -2.13. The highest BCUT2D eigenvalue weighted by Crippen LogP contribution is 2.32. The van der Waals surface area contributed by atoms with Crippen molar-refractivity contribution in [1.29, 1.82) is 0 Å². The van der Waals surface area contributed by atoms with Crippen molar-refractivity contribution in [3.8, 4) is 17.1 Å². The van der Waals surface area contributed by atoms with Crippen molar-refractivity contribution in [1.82, 2.24) is 19.7 Å². The molecule has 2 aromatic heterocycles. The lowest BCUT2D eigenvalue weighted by molar-refractivity contribution is 0.341. The van der Waals surface area contributed by atoms with Crippen LogP contribution in [0.2, 0.25) is 0 Å². The number of anilines is 1. The Morgan fingerprint density at radius 2 is 1.88 bits per heavy atom. The van der Waals surface area contributed by atoms with Crippen LogP contribution in [-0.2, 0) is 23.5 Å². The molecule has 9 nitrogen and oxygen atoms in total. The molecule has 2 aromatic carbocycles. The van der Waals surface area contributed by atoms with E-state index < -0.39 is 10.0 Å². The zero-order valence-electron chi connectivity index (χ0n) is 18.9. The van der Waals surface area contributed by atoms with Crippen molar-refractivity contribution in [3.05, 3.63) is 63.0 Å². The van der Waals surface area contributed by atoms with E-state index in [2.05, 4.69) is 35.7 Å². The number of aromatic nitrogens is 4. The number of aromatic amines is 1. The van der Waals surface area contributed by atoms with Crippen LogP contribution < -0.4 is 15.0 Å². The fourth-order valence-electron chi connectivity index (χ4n) is 3.65. The van der Waals surface area contributed by atoms with Gasteiger partial charge >= 0.3 is 0 Å². The molecule has 0 bridgehead atoms. The monoisotopic (exact) mass is 545 g/mol. The molecule has 2 heterocycles. The van der Waals surface area contributed by atoms with Gasteiger partial charge < -0.3 is 9.72 Å². The first-order chi connectivity index (χ1) is 16.2. The molecule has 0 radical (unpaired) electrons. The Morgan fingerprint density at radius 3 is 2.56 bits per heavy atom. The Labute approximate surface area is 205 Å². The number of H-pyrrole nitrogens is 1. The fourth-order valence-corrected chi connectivity index (χ4v) is 5.00. The van der Waals surface area contributed by atoms with Crippen LogP contribution in [-0.4, -0.2) is 34.8 Å². The van der Waals surface area contributed by atoms with Gasteiger partial charge in [-0.2, -0.15) is 5.10 Å². The SMILES string of the molecule is CCCc1nn(C)c2c(=O)[nH]c(-c3cc(S(=O)(=O)Nc4ccc(Br)cc4)ccc3OCC)nc12. The average Bonchev–Trinajstić information content (AvgIpc) is 3.11. The highest BCUT2D eigenvalue weighted by atomic mass is 79.9. The quantitative estimate of drug-likeness (QED) is 0.341. The summed E-state index contributed by atoms with van der Waals surface area (Å²) in [6, 6.07) is 11.3. The van der Waals surface area contributed by atoms with Gasteiger partial charge in [0.05, 0.1) is 22.8 Å². The molecule has 0 saturated heterocycles. The molecular formula is C23H24BrN5O4S. The predicted molar refractivity (Wildman–Crippen MR) is 135 cm³/mol. The van der Waals surface area contributed by atoms with Crippen LogP contribution in [0.1, 0.15) is 26.0 Å². The summed E-state index contributed by atoms with van der Waals surface area (Å²) in [6.45, 7) is 4.20. The van der Waals surface area contributed by atoms with Crippen LogP contribution in [0.5, 0.6) is 5.75 Å². The standard InChI is InChI=1S/C23H24BrN5O4S/c1-4-6-18-20-21(29(3)27-18)23(30)26-22(25-20)17-13-16(11-12-19(17)33-5-2)34(31,32)28-15-9-7-14(24)8-10-15/h7-13,28H,4-6H2,1-3H3,(H,25,26,30). The van der Waals surface area contributed by atoms with Gasteiger partial charge in [-0.25, -0.2) is 13.4 Å². The average molecular weight is 546 g/mol. The van der Waals surface area contributed by atoms with Gasteiger partial charge in [-0.15, -0.1) is 0 Å². The summed E-state index contributed by atoms with van der Waals surface area (Å²) in [7, 11) is -2.21. The van der Waals surface area contributed by atoms with E-state index in [0.29, 0.717) is 46.8 Å². The number of ether oxygens (including phenoxy) is 1. The third-order valence-corrected chi connectivity index (χ3v) is 7.07. The molecule has 11 heteroatoms. The zero-order chi connectivity index (χ0) is 24.5. The van der Waals surface area contributed by atoms with Crippen LogP contribution in [0.4, 0.5) is 5.69 Å². The normalized spacial score (nSPS) is 11.6. The Balaban J connectivity index is 1.85. The molecule has 0 atom stereocenters. The van der Waals surface area contributed by atoms with Gasteiger partial charge in [0.25, 0.3) is 15.6 Å². The molecule has 0 saturated carbocycles. The number of sulfonamides is 1. The molecule has 178 valence electrons. The number of aryl methyl sites for hydroxylation is 2. The third kappa shape index (κ3) is 4.71. The molecule has 0 aliphatic rings. The van der Waals surface area contributed by atoms with Crippen LogP contribution in [0.3, 0.4) is 0 Å². The Hall–Kier alpha value is -3.18. The van der Waals surface area contributed by atoms with E-state index in [1.54, 1.807) is 37.4 Å². The lowest BCUT2D eigenvalue weighted by Crippen LogP contribution is -2.15. The van der Waals surface area contributed by atoms with Crippen LogP contribution in [0.25, 0.3) is 22.4 Å². The summed E-state index contributed by atoms with van der Waals surface area (Å²) >= 11 is 3.33. The van der Waals surface area contributed by atoms with E-state index in [0.717, 1.165) is 10.9 Å². The first-order valence-corrected chi connectivity index (χ1v) is 13.0. The largest absolute Gasteiger partial charge is 0.493 e. The molecule has 4 rings (SSSR count).